The van der Waals surface area contributed by atoms with Crippen LogP contribution >= 0.6 is 0 Å². The molecule has 1 N–H and O–H groups in total. The van der Waals surface area contributed by atoms with Gasteiger partial charge in [-0.1, -0.05) is 5.16 Å². The summed E-state index contributed by atoms with van der Waals surface area (Å²) in [5, 5.41) is 6.48. The fraction of sp³-hybridized carbons (Fsp3) is 0.600. The lowest BCUT2D eigenvalue weighted by Crippen LogP contribution is -2.37. The van der Waals surface area contributed by atoms with Gasteiger partial charge in [-0.15, -0.1) is 0 Å². The molecule has 1 amide bonds. The van der Waals surface area contributed by atoms with Crippen molar-refractivity contribution in [1.82, 2.24) is 10.1 Å². The number of carbonyl (C=O) groups is 1. The highest BCUT2D eigenvalue weighted by atomic mass is 16.5. The van der Waals surface area contributed by atoms with E-state index in [4.69, 9.17) is 4.52 Å². The van der Waals surface area contributed by atoms with E-state index in [0.717, 1.165) is 19.4 Å². The second kappa shape index (κ2) is 4.02. The van der Waals surface area contributed by atoms with Gasteiger partial charge in [0.1, 0.15) is 5.76 Å². The van der Waals surface area contributed by atoms with E-state index in [9.17, 15) is 4.79 Å². The number of aromatic nitrogens is 1. The Balaban J connectivity index is 1.97. The maximum Gasteiger partial charge on any atom is 0.242 e. The highest BCUT2D eigenvalue weighted by Crippen LogP contribution is 2.16. The molecule has 2 rings (SSSR count). The largest absolute Gasteiger partial charge is 0.360 e. The molecule has 0 aliphatic carbocycles. The number of hydrogen-bond acceptors (Lipinski definition) is 4. The number of nitrogens with zero attached hydrogens (tertiary/aromatic N) is 2. The Bertz CT molecular complexity index is 361. The fourth-order valence-corrected chi connectivity index (χ4v) is 1.88. The van der Waals surface area contributed by atoms with Crippen molar-refractivity contribution >= 4 is 11.7 Å². The molecule has 1 aliphatic rings. The summed E-state index contributed by atoms with van der Waals surface area (Å²) >= 11 is 0. The number of aryl methyl sites for hydroxylation is 1. The molecule has 1 unspecified atom stereocenters. The third-order valence-electron chi connectivity index (χ3n) is 2.70. The standard InChI is InChI=1S/C10H15N3O2/c1-7-6-9(12-15-7)11-10(14)8-4-3-5-13(8)2/h6,8H,3-5H2,1-2H3,(H,11,12,14). The van der Waals surface area contributed by atoms with E-state index >= 15 is 0 Å². The van der Waals surface area contributed by atoms with Crippen LogP contribution in [0, 0.1) is 6.92 Å². The molecule has 5 nitrogen and oxygen atoms in total. The number of rotatable bonds is 2. The third-order valence-corrected chi connectivity index (χ3v) is 2.70. The lowest BCUT2D eigenvalue weighted by atomic mass is 10.2. The summed E-state index contributed by atoms with van der Waals surface area (Å²) in [5.41, 5.74) is 0. The zero-order valence-electron chi connectivity index (χ0n) is 8.99. The molecule has 82 valence electrons. The van der Waals surface area contributed by atoms with Crippen LogP contribution in [-0.2, 0) is 4.79 Å². The topological polar surface area (TPSA) is 58.4 Å². The van der Waals surface area contributed by atoms with Crippen LogP contribution < -0.4 is 5.32 Å². The summed E-state index contributed by atoms with van der Waals surface area (Å²) < 4.78 is 4.88. The summed E-state index contributed by atoms with van der Waals surface area (Å²) in [4.78, 5) is 13.9. The minimum atomic E-state index is -0.0259. The SMILES string of the molecule is Cc1cc(NC(=O)C2CCCN2C)no1. The molecular formula is C10H15N3O2. The van der Waals surface area contributed by atoms with Crippen molar-refractivity contribution in [2.24, 2.45) is 0 Å². The molecule has 5 heteroatoms. The second-order valence-electron chi connectivity index (χ2n) is 3.95. The predicted octanol–water partition coefficient (Wildman–Crippen LogP) is 1.02. The molecule has 0 radical (unpaired) electrons. The van der Waals surface area contributed by atoms with Crippen molar-refractivity contribution in [2.75, 3.05) is 18.9 Å². The van der Waals surface area contributed by atoms with Gasteiger partial charge < -0.3 is 9.84 Å². The van der Waals surface area contributed by atoms with Crippen LogP contribution in [0.5, 0.6) is 0 Å². The lowest BCUT2D eigenvalue weighted by molar-refractivity contribution is -0.120. The average Bonchev–Trinajstić information content (AvgIpc) is 2.75. The van der Waals surface area contributed by atoms with E-state index in [1.807, 2.05) is 7.05 Å². The summed E-state index contributed by atoms with van der Waals surface area (Å²) in [6.07, 6.45) is 1.99. The van der Waals surface area contributed by atoms with Gasteiger partial charge in [0, 0.05) is 6.07 Å². The van der Waals surface area contributed by atoms with Gasteiger partial charge in [0.05, 0.1) is 6.04 Å². The Morgan fingerprint density at radius 1 is 1.73 bits per heavy atom. The number of anilines is 1. The Labute approximate surface area is 88.4 Å². The molecule has 1 fully saturated rings. The summed E-state index contributed by atoms with van der Waals surface area (Å²) in [6.45, 7) is 2.78. The first-order chi connectivity index (χ1) is 7.16. The molecule has 1 aromatic rings. The summed E-state index contributed by atoms with van der Waals surface area (Å²) in [6, 6.07) is 1.69. The molecule has 0 aromatic carbocycles. The first-order valence-corrected chi connectivity index (χ1v) is 5.11. The van der Waals surface area contributed by atoms with Crippen molar-refractivity contribution in [1.29, 1.82) is 0 Å². The third kappa shape index (κ3) is 2.18. The van der Waals surface area contributed by atoms with Crippen molar-refractivity contribution < 1.29 is 9.32 Å². The van der Waals surface area contributed by atoms with Crippen LogP contribution in [0.25, 0.3) is 0 Å². The normalized spacial score (nSPS) is 21.9. The van der Waals surface area contributed by atoms with Gasteiger partial charge in [-0.2, -0.15) is 0 Å². The predicted molar refractivity (Wildman–Crippen MR) is 55.5 cm³/mol. The monoisotopic (exact) mass is 209 g/mol. The minimum absolute atomic E-state index is 0.00306. The van der Waals surface area contributed by atoms with E-state index in [2.05, 4.69) is 15.4 Å². The zero-order chi connectivity index (χ0) is 10.8. The fourth-order valence-electron chi connectivity index (χ4n) is 1.88. The maximum absolute atomic E-state index is 11.8. The molecule has 1 aromatic heterocycles. The quantitative estimate of drug-likeness (QED) is 0.790. The van der Waals surface area contributed by atoms with Crippen molar-refractivity contribution in [3.8, 4) is 0 Å². The molecule has 15 heavy (non-hydrogen) atoms. The van der Waals surface area contributed by atoms with Crippen molar-refractivity contribution in [3.63, 3.8) is 0 Å². The molecular weight excluding hydrogens is 194 g/mol. The second-order valence-corrected chi connectivity index (χ2v) is 3.95. The Hall–Kier alpha value is -1.36. The van der Waals surface area contributed by atoms with E-state index < -0.39 is 0 Å². The van der Waals surface area contributed by atoms with Gasteiger partial charge in [0.15, 0.2) is 5.82 Å². The van der Waals surface area contributed by atoms with Crippen LogP contribution in [0.3, 0.4) is 0 Å². The smallest absolute Gasteiger partial charge is 0.242 e. The van der Waals surface area contributed by atoms with Crippen LogP contribution in [0.4, 0.5) is 5.82 Å². The molecule has 0 saturated carbocycles. The Morgan fingerprint density at radius 3 is 3.07 bits per heavy atom. The average molecular weight is 209 g/mol. The van der Waals surface area contributed by atoms with Gasteiger partial charge in [-0.3, -0.25) is 9.69 Å². The first kappa shape index (κ1) is 10.2. The molecule has 0 bridgehead atoms. The number of carbonyl (C=O) groups excluding carboxylic acids is 1. The number of nitrogens with one attached hydrogen (secondary N) is 1. The summed E-state index contributed by atoms with van der Waals surface area (Å²) in [7, 11) is 1.96. The van der Waals surface area contributed by atoms with Gasteiger partial charge in [0.25, 0.3) is 0 Å². The number of likely N-dealkylation sites (N-methyl/N-ethyl adjacent to an activating group) is 1. The van der Waals surface area contributed by atoms with Crippen molar-refractivity contribution in [2.45, 2.75) is 25.8 Å². The maximum atomic E-state index is 11.8. The Morgan fingerprint density at radius 2 is 2.53 bits per heavy atom. The van der Waals surface area contributed by atoms with Crippen LogP contribution in [0.1, 0.15) is 18.6 Å². The lowest BCUT2D eigenvalue weighted by Gasteiger charge is -2.17. The first-order valence-electron chi connectivity index (χ1n) is 5.11. The van der Waals surface area contributed by atoms with Crippen molar-refractivity contribution in [3.05, 3.63) is 11.8 Å². The molecule has 1 aliphatic heterocycles. The highest BCUT2D eigenvalue weighted by molar-refractivity contribution is 5.94. The minimum Gasteiger partial charge on any atom is -0.360 e. The van der Waals surface area contributed by atoms with Gasteiger partial charge in [0.2, 0.25) is 5.91 Å². The van der Waals surface area contributed by atoms with Gasteiger partial charge in [-0.05, 0) is 33.4 Å². The molecule has 1 atom stereocenters. The molecule has 1 saturated heterocycles. The van der Waals surface area contributed by atoms with E-state index in [1.54, 1.807) is 13.0 Å². The number of likely N-dealkylation sites (tertiary alicyclic amines) is 1. The van der Waals surface area contributed by atoms with Gasteiger partial charge >= 0.3 is 0 Å². The van der Waals surface area contributed by atoms with E-state index in [-0.39, 0.29) is 11.9 Å². The Kier molecular flexibility index (Phi) is 2.73. The van der Waals surface area contributed by atoms with E-state index in [0.29, 0.717) is 11.6 Å². The zero-order valence-corrected chi connectivity index (χ0v) is 8.99. The van der Waals surface area contributed by atoms with Crippen LogP contribution in [0.15, 0.2) is 10.6 Å². The number of hydrogen-bond donors (Lipinski definition) is 1. The number of amides is 1. The summed E-state index contributed by atoms with van der Waals surface area (Å²) in [5.74, 6) is 1.20. The van der Waals surface area contributed by atoms with Crippen LogP contribution in [0.2, 0.25) is 0 Å². The van der Waals surface area contributed by atoms with Crippen LogP contribution in [-0.4, -0.2) is 35.6 Å². The molecule has 2 heterocycles. The van der Waals surface area contributed by atoms with E-state index in [1.165, 1.54) is 0 Å². The molecule has 0 spiro atoms. The highest BCUT2D eigenvalue weighted by Gasteiger charge is 2.28. The van der Waals surface area contributed by atoms with Gasteiger partial charge in [-0.25, -0.2) is 0 Å².